The molecule has 0 spiro atoms. The maximum atomic E-state index is 11.1. The van der Waals surface area contributed by atoms with Crippen LogP contribution < -0.4 is 26.3 Å². The molecular weight excluding hydrogens is 341 g/mol. The molecule has 0 aliphatic rings. The highest BCUT2D eigenvalue weighted by atomic mass is 31.2. The van der Waals surface area contributed by atoms with E-state index < -0.39 is 13.4 Å². The molecule has 0 saturated heterocycles. The van der Waals surface area contributed by atoms with Gasteiger partial charge in [-0.2, -0.15) is 0 Å². The van der Waals surface area contributed by atoms with Gasteiger partial charge >= 0.3 is 0 Å². The number of carboxylic acid groups (broad SMARTS) is 1. The quantitative estimate of drug-likeness (QED) is 0.684. The molecule has 0 radical (unpaired) electrons. The van der Waals surface area contributed by atoms with E-state index in [1.54, 1.807) is 0 Å². The highest BCUT2D eigenvalue weighted by molar-refractivity contribution is 7.95. The van der Waals surface area contributed by atoms with Gasteiger partial charge in [0, 0.05) is 0 Å². The summed E-state index contributed by atoms with van der Waals surface area (Å²) in [4.78, 5) is 11.1. The minimum Gasteiger partial charge on any atom is -0.530 e. The van der Waals surface area contributed by atoms with Gasteiger partial charge in [0.2, 0.25) is 0 Å². The summed E-state index contributed by atoms with van der Waals surface area (Å²) in [5.74, 6) is 0. The summed E-state index contributed by atoms with van der Waals surface area (Å²) in [6.07, 6.45) is -0.538. The number of carbonyl (C=O) groups excluding carboxylic acids is 1. The van der Waals surface area contributed by atoms with E-state index in [4.69, 9.17) is 0 Å². The molecule has 0 saturated carbocycles. The Hall–Kier alpha value is -2.64. The summed E-state index contributed by atoms with van der Waals surface area (Å²) in [5.41, 5.74) is 0. The molecule has 0 fully saturated rings. The van der Waals surface area contributed by atoms with Gasteiger partial charge in [-0.3, -0.25) is 0 Å². The van der Waals surface area contributed by atoms with Crippen LogP contribution in [0.1, 0.15) is 6.92 Å². The van der Waals surface area contributed by atoms with Crippen molar-refractivity contribution in [3.63, 3.8) is 0 Å². The van der Waals surface area contributed by atoms with Crippen LogP contribution >= 0.6 is 7.26 Å². The Kier molecular flexibility index (Phi) is 5.70. The molecule has 132 valence electrons. The monoisotopic (exact) mass is 363 g/mol. The average Bonchev–Trinajstić information content (AvgIpc) is 2.67. The molecule has 3 rings (SSSR count). The molecule has 4 heteroatoms. The van der Waals surface area contributed by atoms with E-state index in [1.807, 2.05) is 61.5 Å². The molecule has 3 nitrogen and oxygen atoms in total. The average molecular weight is 363 g/mol. The van der Waals surface area contributed by atoms with Crippen LogP contribution in [0.4, 0.5) is 4.79 Å². The normalized spacial score (nSPS) is 12.3. The largest absolute Gasteiger partial charge is 0.530 e. The topological polar surface area (TPSA) is 52.2 Å². The van der Waals surface area contributed by atoms with Crippen molar-refractivity contribution in [2.75, 3.05) is 6.16 Å². The molecule has 3 aromatic carbocycles. The van der Waals surface area contributed by atoms with Gasteiger partial charge in [-0.25, -0.2) is 0 Å². The second-order valence-electron chi connectivity index (χ2n) is 6.33. The van der Waals surface area contributed by atoms with Crippen LogP contribution in [-0.4, -0.2) is 18.3 Å². The van der Waals surface area contributed by atoms with Crippen LogP contribution in [0.2, 0.25) is 0 Å². The van der Waals surface area contributed by atoms with Crippen LogP contribution in [-0.2, 0) is 0 Å². The molecule has 1 unspecified atom stereocenters. The first-order valence-corrected chi connectivity index (χ1v) is 10.6. The van der Waals surface area contributed by atoms with Crippen molar-refractivity contribution in [2.45, 2.75) is 13.0 Å². The summed E-state index contributed by atoms with van der Waals surface area (Å²) in [5, 5.41) is 17.4. The van der Waals surface area contributed by atoms with Gasteiger partial charge in [-0.1, -0.05) is 54.6 Å². The second kappa shape index (κ2) is 8.16. The van der Waals surface area contributed by atoms with Gasteiger partial charge < -0.3 is 15.2 Å². The minimum absolute atomic E-state index is 0.228. The van der Waals surface area contributed by atoms with Crippen LogP contribution in [0.15, 0.2) is 91.0 Å². The van der Waals surface area contributed by atoms with Gasteiger partial charge in [-0.05, 0) is 43.3 Å². The molecule has 0 heterocycles. The third kappa shape index (κ3) is 3.79. The summed E-state index contributed by atoms with van der Waals surface area (Å²) in [6, 6.07) is 31.0. The van der Waals surface area contributed by atoms with E-state index in [1.165, 1.54) is 15.9 Å². The highest BCUT2D eigenvalue weighted by Crippen LogP contribution is 2.55. The number of nitrogens with one attached hydrogen (secondary N) is 1. The number of hydrogen-bond donors (Lipinski definition) is 1. The summed E-state index contributed by atoms with van der Waals surface area (Å²) < 4.78 is 0. The predicted octanol–water partition coefficient (Wildman–Crippen LogP) is 2.30. The second-order valence-corrected chi connectivity index (χ2v) is 9.87. The van der Waals surface area contributed by atoms with Crippen molar-refractivity contribution in [1.29, 1.82) is 0 Å². The number of benzene rings is 3. The fourth-order valence-corrected chi connectivity index (χ4v) is 7.95. The zero-order chi connectivity index (χ0) is 18.4. The molecule has 0 aliphatic heterocycles. The van der Waals surface area contributed by atoms with Crippen LogP contribution in [0.5, 0.6) is 0 Å². The van der Waals surface area contributed by atoms with E-state index in [0.29, 0.717) is 6.16 Å². The Morgan fingerprint density at radius 2 is 1.15 bits per heavy atom. The van der Waals surface area contributed by atoms with Crippen molar-refractivity contribution in [2.24, 2.45) is 0 Å². The number of hydrogen-bond acceptors (Lipinski definition) is 2. The first kappa shape index (κ1) is 18.2. The SMILES string of the molecule is CC(C[P+](c1ccccc1)(c1ccccc1)c1ccccc1)NC(=O)[O-]. The molecule has 0 aromatic heterocycles. The van der Waals surface area contributed by atoms with E-state index in [-0.39, 0.29) is 6.04 Å². The molecule has 0 bridgehead atoms. The zero-order valence-corrected chi connectivity index (χ0v) is 15.6. The van der Waals surface area contributed by atoms with Gasteiger partial charge in [0.1, 0.15) is 29.3 Å². The van der Waals surface area contributed by atoms with Crippen molar-refractivity contribution < 1.29 is 9.90 Å². The number of rotatable bonds is 6. The molecule has 3 aromatic rings. The Balaban J connectivity index is 2.23. The van der Waals surface area contributed by atoms with Crippen molar-refractivity contribution in [3.05, 3.63) is 91.0 Å². The fourth-order valence-electron chi connectivity index (χ4n) is 3.47. The first-order chi connectivity index (χ1) is 12.6. The minimum atomic E-state index is -2.02. The maximum absolute atomic E-state index is 11.1. The van der Waals surface area contributed by atoms with E-state index >= 15 is 0 Å². The third-order valence-electron chi connectivity index (χ3n) is 4.50. The predicted molar refractivity (Wildman–Crippen MR) is 108 cm³/mol. The van der Waals surface area contributed by atoms with Crippen molar-refractivity contribution in [3.8, 4) is 0 Å². The van der Waals surface area contributed by atoms with E-state index in [9.17, 15) is 9.90 Å². The van der Waals surface area contributed by atoms with Gasteiger partial charge in [0.05, 0.1) is 12.2 Å². The van der Waals surface area contributed by atoms with Crippen molar-refractivity contribution >= 4 is 29.3 Å². The molecular formula is C22H22NO2P. The van der Waals surface area contributed by atoms with Crippen LogP contribution in [0, 0.1) is 0 Å². The zero-order valence-electron chi connectivity index (χ0n) is 14.7. The lowest BCUT2D eigenvalue weighted by Gasteiger charge is -2.30. The summed E-state index contributed by atoms with van der Waals surface area (Å²) in [6.45, 7) is 1.90. The smallest absolute Gasteiger partial charge is 0.134 e. The first-order valence-electron chi connectivity index (χ1n) is 8.65. The third-order valence-corrected chi connectivity index (χ3v) is 9.14. The molecule has 1 N–H and O–H groups in total. The van der Waals surface area contributed by atoms with Crippen LogP contribution in [0.25, 0.3) is 0 Å². The Bertz CT molecular complexity index is 741. The maximum Gasteiger partial charge on any atom is 0.134 e. The lowest BCUT2D eigenvalue weighted by molar-refractivity contribution is -0.251. The summed E-state index contributed by atoms with van der Waals surface area (Å²) in [7, 11) is -2.02. The molecule has 0 aliphatic carbocycles. The van der Waals surface area contributed by atoms with Gasteiger partial charge in [-0.15, -0.1) is 0 Å². The standard InChI is InChI=1S/C22H22NO2P/c1-18(23-22(24)25)17-26(19-11-5-2-6-12-19,20-13-7-3-8-14-20)21-15-9-4-10-16-21/h2-16,18,23H,17H2,1H3. The molecule has 1 atom stereocenters. The van der Waals surface area contributed by atoms with Crippen molar-refractivity contribution in [1.82, 2.24) is 5.32 Å². The number of amides is 1. The lowest BCUT2D eigenvalue weighted by atomic mass is 10.3. The van der Waals surface area contributed by atoms with E-state index in [0.717, 1.165) is 0 Å². The lowest BCUT2D eigenvalue weighted by Crippen LogP contribution is -2.46. The van der Waals surface area contributed by atoms with Crippen LogP contribution in [0.3, 0.4) is 0 Å². The number of carbonyl (C=O) groups is 1. The van der Waals surface area contributed by atoms with E-state index in [2.05, 4.69) is 41.7 Å². The Morgan fingerprint density at radius 3 is 1.46 bits per heavy atom. The summed E-state index contributed by atoms with van der Waals surface area (Å²) >= 11 is 0. The molecule has 1 amide bonds. The highest BCUT2D eigenvalue weighted by Gasteiger charge is 2.46. The molecule has 26 heavy (non-hydrogen) atoms. The van der Waals surface area contributed by atoms with Gasteiger partial charge in [0.25, 0.3) is 0 Å². The Morgan fingerprint density at radius 1 is 0.808 bits per heavy atom. The fraction of sp³-hybridized carbons (Fsp3) is 0.136. The Labute approximate surface area is 155 Å². The van der Waals surface area contributed by atoms with Gasteiger partial charge in [0.15, 0.2) is 0 Å².